The Morgan fingerprint density at radius 3 is 2.45 bits per heavy atom. The summed E-state index contributed by atoms with van der Waals surface area (Å²) in [5.74, 6) is -1.37. The lowest BCUT2D eigenvalue weighted by Crippen LogP contribution is -2.34. The molecule has 0 saturated carbocycles. The van der Waals surface area contributed by atoms with Crippen molar-refractivity contribution in [3.63, 3.8) is 0 Å². The fraction of sp³-hybridized carbons (Fsp3) is 0.0952. The highest BCUT2D eigenvalue weighted by molar-refractivity contribution is 7.80. The number of aromatic carboxylic acids is 1. The van der Waals surface area contributed by atoms with Gasteiger partial charge < -0.3 is 14.8 Å². The molecule has 0 aliphatic rings. The van der Waals surface area contributed by atoms with Crippen LogP contribution in [0.3, 0.4) is 0 Å². The van der Waals surface area contributed by atoms with Crippen LogP contribution in [0.15, 0.2) is 59.0 Å². The average Bonchev–Trinajstić information content (AvgIpc) is 3.20. The van der Waals surface area contributed by atoms with Crippen LogP contribution < -0.4 is 10.6 Å². The van der Waals surface area contributed by atoms with Crippen LogP contribution in [0.4, 0.5) is 5.69 Å². The van der Waals surface area contributed by atoms with Crippen molar-refractivity contribution in [1.82, 2.24) is 5.32 Å². The summed E-state index contributed by atoms with van der Waals surface area (Å²) in [5, 5.41) is 15.0. The summed E-state index contributed by atoms with van der Waals surface area (Å²) in [4.78, 5) is 23.3. The predicted octanol–water partition coefficient (Wildman–Crippen LogP) is 4.99. The van der Waals surface area contributed by atoms with Crippen LogP contribution in [0.25, 0.3) is 11.3 Å². The van der Waals surface area contributed by atoms with Gasteiger partial charge in [-0.15, -0.1) is 0 Å². The molecule has 3 aromatic rings. The van der Waals surface area contributed by atoms with Gasteiger partial charge in [0.1, 0.15) is 5.76 Å². The summed E-state index contributed by atoms with van der Waals surface area (Å²) in [6.07, 6.45) is 0.893. The maximum Gasteiger partial charge on any atom is 0.371 e. The maximum absolute atomic E-state index is 12.3. The van der Waals surface area contributed by atoms with E-state index in [2.05, 4.69) is 10.6 Å². The highest BCUT2D eigenvalue weighted by atomic mass is 35.5. The van der Waals surface area contributed by atoms with Gasteiger partial charge in [0.25, 0.3) is 5.91 Å². The lowest BCUT2D eigenvalue weighted by Gasteiger charge is -2.11. The number of hydrogen-bond acceptors (Lipinski definition) is 4. The Kier molecular flexibility index (Phi) is 6.31. The van der Waals surface area contributed by atoms with Crippen molar-refractivity contribution in [2.24, 2.45) is 0 Å². The van der Waals surface area contributed by atoms with Gasteiger partial charge >= 0.3 is 5.97 Å². The molecule has 0 radical (unpaired) electrons. The Morgan fingerprint density at radius 2 is 1.83 bits per heavy atom. The van der Waals surface area contributed by atoms with Crippen LogP contribution in [-0.4, -0.2) is 22.1 Å². The number of amides is 1. The minimum absolute atomic E-state index is 0.119. The molecule has 1 amide bonds. The second kappa shape index (κ2) is 8.89. The third-order valence-corrected chi connectivity index (χ3v) is 4.69. The number of halogens is 1. The van der Waals surface area contributed by atoms with Crippen molar-refractivity contribution >= 4 is 46.5 Å². The lowest BCUT2D eigenvalue weighted by atomic mass is 10.1. The number of carboxylic acid groups (broad SMARTS) is 1. The van der Waals surface area contributed by atoms with Gasteiger partial charge in [0, 0.05) is 16.8 Å². The summed E-state index contributed by atoms with van der Waals surface area (Å²) in [6, 6.07) is 15.1. The maximum atomic E-state index is 12.3. The summed E-state index contributed by atoms with van der Waals surface area (Å²) in [7, 11) is 0. The first kappa shape index (κ1) is 20.6. The van der Waals surface area contributed by atoms with Crippen LogP contribution in [-0.2, 0) is 6.42 Å². The standard InChI is InChI=1S/C21H17ClN2O4S/c1-2-12-3-5-13(6-4-12)19(25)24-21(29)23-14-7-8-16(22)15(11-14)17-9-10-18(28-17)20(26)27/h3-11H,2H2,1H3,(H,26,27)(H2,23,24,25,29). The number of thiocarbonyl (C=S) groups is 1. The van der Waals surface area contributed by atoms with E-state index in [4.69, 9.17) is 33.3 Å². The lowest BCUT2D eigenvalue weighted by molar-refractivity contribution is 0.0663. The van der Waals surface area contributed by atoms with Gasteiger partial charge in [-0.05, 0) is 66.7 Å². The van der Waals surface area contributed by atoms with Crippen molar-refractivity contribution < 1.29 is 19.1 Å². The summed E-state index contributed by atoms with van der Waals surface area (Å²) in [6.45, 7) is 2.04. The van der Waals surface area contributed by atoms with E-state index in [-0.39, 0.29) is 16.8 Å². The fourth-order valence-electron chi connectivity index (χ4n) is 2.62. The number of hydrogen-bond donors (Lipinski definition) is 3. The van der Waals surface area contributed by atoms with E-state index in [1.54, 1.807) is 30.3 Å². The third kappa shape index (κ3) is 5.01. The van der Waals surface area contributed by atoms with E-state index in [9.17, 15) is 9.59 Å². The molecule has 0 aliphatic carbocycles. The molecule has 1 aromatic heterocycles. The van der Waals surface area contributed by atoms with Crippen LogP contribution in [0.1, 0.15) is 33.4 Å². The summed E-state index contributed by atoms with van der Waals surface area (Å²) >= 11 is 11.4. The molecule has 0 unspecified atom stereocenters. The van der Waals surface area contributed by atoms with Crippen molar-refractivity contribution in [1.29, 1.82) is 0 Å². The van der Waals surface area contributed by atoms with Crippen LogP contribution >= 0.6 is 23.8 Å². The zero-order valence-electron chi connectivity index (χ0n) is 15.4. The highest BCUT2D eigenvalue weighted by Gasteiger charge is 2.14. The molecule has 0 spiro atoms. The zero-order valence-corrected chi connectivity index (χ0v) is 16.9. The van der Waals surface area contributed by atoms with E-state index < -0.39 is 5.97 Å². The fourth-order valence-corrected chi connectivity index (χ4v) is 3.04. The van der Waals surface area contributed by atoms with Gasteiger partial charge in [0.2, 0.25) is 5.76 Å². The topological polar surface area (TPSA) is 91.6 Å². The monoisotopic (exact) mass is 428 g/mol. The zero-order chi connectivity index (χ0) is 21.0. The molecule has 3 rings (SSSR count). The molecule has 29 heavy (non-hydrogen) atoms. The Hall–Kier alpha value is -3.16. The number of aryl methyl sites for hydroxylation is 1. The number of benzene rings is 2. The van der Waals surface area contributed by atoms with E-state index >= 15 is 0 Å². The summed E-state index contributed by atoms with van der Waals surface area (Å²) in [5.41, 5.74) is 2.69. The number of rotatable bonds is 5. The number of furan rings is 1. The van der Waals surface area contributed by atoms with Crippen molar-refractivity contribution in [3.8, 4) is 11.3 Å². The number of carboxylic acids is 1. The molecule has 6 nitrogen and oxygen atoms in total. The Labute approximate surface area is 177 Å². The molecule has 0 bridgehead atoms. The normalized spacial score (nSPS) is 10.4. The van der Waals surface area contributed by atoms with E-state index in [0.717, 1.165) is 12.0 Å². The minimum Gasteiger partial charge on any atom is -0.475 e. The van der Waals surface area contributed by atoms with E-state index in [1.165, 1.54) is 12.1 Å². The van der Waals surface area contributed by atoms with Gasteiger partial charge in [0.15, 0.2) is 5.11 Å². The van der Waals surface area contributed by atoms with Gasteiger partial charge in [-0.3, -0.25) is 10.1 Å². The van der Waals surface area contributed by atoms with E-state index in [1.807, 2.05) is 19.1 Å². The van der Waals surface area contributed by atoms with Crippen LogP contribution in [0.5, 0.6) is 0 Å². The number of nitrogens with one attached hydrogen (secondary N) is 2. The Balaban J connectivity index is 1.71. The van der Waals surface area contributed by atoms with Gasteiger partial charge in [0.05, 0.1) is 5.02 Å². The molecule has 0 fully saturated rings. The smallest absolute Gasteiger partial charge is 0.371 e. The van der Waals surface area contributed by atoms with Crippen molar-refractivity contribution in [2.75, 3.05) is 5.32 Å². The SMILES string of the molecule is CCc1ccc(C(=O)NC(=S)Nc2ccc(Cl)c(-c3ccc(C(=O)O)o3)c2)cc1. The highest BCUT2D eigenvalue weighted by Crippen LogP contribution is 2.32. The first-order valence-electron chi connectivity index (χ1n) is 8.71. The van der Waals surface area contributed by atoms with Gasteiger partial charge in [-0.2, -0.15) is 0 Å². The quantitative estimate of drug-likeness (QED) is 0.496. The van der Waals surface area contributed by atoms with Gasteiger partial charge in [-0.1, -0.05) is 30.7 Å². The minimum atomic E-state index is -1.17. The molecule has 0 saturated heterocycles. The Bertz CT molecular complexity index is 1080. The largest absolute Gasteiger partial charge is 0.475 e. The van der Waals surface area contributed by atoms with E-state index in [0.29, 0.717) is 27.6 Å². The molecule has 0 atom stereocenters. The second-order valence-electron chi connectivity index (χ2n) is 6.12. The second-order valence-corrected chi connectivity index (χ2v) is 6.94. The van der Waals surface area contributed by atoms with Crippen LogP contribution in [0, 0.1) is 0 Å². The number of carbonyl (C=O) groups excluding carboxylic acids is 1. The average molecular weight is 429 g/mol. The first-order chi connectivity index (χ1) is 13.9. The molecular formula is C21H17ClN2O4S. The van der Waals surface area contributed by atoms with Crippen molar-refractivity contribution in [3.05, 3.63) is 76.5 Å². The van der Waals surface area contributed by atoms with Crippen LogP contribution in [0.2, 0.25) is 5.02 Å². The summed E-state index contributed by atoms with van der Waals surface area (Å²) < 4.78 is 5.30. The molecule has 3 N–H and O–H groups in total. The molecule has 1 heterocycles. The molecule has 8 heteroatoms. The number of anilines is 1. The number of carbonyl (C=O) groups is 2. The predicted molar refractivity (Wildman–Crippen MR) is 116 cm³/mol. The molecular weight excluding hydrogens is 412 g/mol. The molecule has 148 valence electrons. The molecule has 0 aliphatic heterocycles. The third-order valence-electron chi connectivity index (χ3n) is 4.16. The first-order valence-corrected chi connectivity index (χ1v) is 9.50. The van der Waals surface area contributed by atoms with Crippen molar-refractivity contribution in [2.45, 2.75) is 13.3 Å². The van der Waals surface area contributed by atoms with Gasteiger partial charge in [-0.25, -0.2) is 4.79 Å². The molecule has 2 aromatic carbocycles. The Morgan fingerprint density at radius 1 is 1.10 bits per heavy atom.